The fourth-order valence-electron chi connectivity index (χ4n) is 1.23. The van der Waals surface area contributed by atoms with Crippen LogP contribution in [0, 0.1) is 0 Å². The molecule has 14 heavy (non-hydrogen) atoms. The van der Waals surface area contributed by atoms with Crippen molar-refractivity contribution in [3.05, 3.63) is 20.8 Å². The zero-order valence-electron chi connectivity index (χ0n) is 7.79. The molecule has 1 rings (SSSR count). The maximum atomic E-state index is 10.7. The molecule has 0 fully saturated rings. The molecule has 0 spiro atoms. The van der Waals surface area contributed by atoms with Crippen molar-refractivity contribution in [1.29, 1.82) is 0 Å². The summed E-state index contributed by atoms with van der Waals surface area (Å²) in [7, 11) is 0. The van der Waals surface area contributed by atoms with Gasteiger partial charge in [-0.2, -0.15) is 0 Å². The van der Waals surface area contributed by atoms with Crippen LogP contribution in [0.15, 0.2) is 15.9 Å². The average Bonchev–Trinajstić information content (AvgIpc) is 2.51. The number of hydrogen-bond acceptors (Lipinski definition) is 3. The molecule has 0 aliphatic rings. The van der Waals surface area contributed by atoms with Gasteiger partial charge in [0.1, 0.15) is 0 Å². The van der Waals surface area contributed by atoms with Crippen molar-refractivity contribution in [2.75, 3.05) is 6.54 Å². The molecular weight excluding hydrogens is 266 g/mol. The Morgan fingerprint density at radius 1 is 1.71 bits per heavy atom. The minimum absolute atomic E-state index is 0.0659. The molecule has 0 radical (unpaired) electrons. The summed E-state index contributed by atoms with van der Waals surface area (Å²) in [6.45, 7) is 2.21. The van der Waals surface area contributed by atoms with Gasteiger partial charge in [-0.1, -0.05) is 6.92 Å². The Morgan fingerprint density at radius 3 is 2.71 bits per heavy atom. The topological polar surface area (TPSA) is 63.3 Å². The Bertz CT molecular complexity index is 339. The highest BCUT2D eigenvalue weighted by molar-refractivity contribution is 9.11. The number of hydrogen-bond donors (Lipinski definition) is 2. The third-order valence-electron chi connectivity index (χ3n) is 2.16. The molecule has 0 bridgehead atoms. The highest BCUT2D eigenvalue weighted by atomic mass is 79.9. The van der Waals surface area contributed by atoms with E-state index in [4.69, 9.17) is 10.8 Å². The molecule has 3 N–H and O–H groups in total. The predicted molar refractivity (Wildman–Crippen MR) is 60.7 cm³/mol. The van der Waals surface area contributed by atoms with Crippen LogP contribution in [0.5, 0.6) is 0 Å². The number of nitrogens with two attached hydrogens (primary N) is 1. The van der Waals surface area contributed by atoms with Crippen molar-refractivity contribution in [2.45, 2.75) is 18.8 Å². The normalized spacial score (nSPS) is 15.1. The Kier molecular flexibility index (Phi) is 3.69. The first-order valence-corrected chi connectivity index (χ1v) is 5.76. The van der Waals surface area contributed by atoms with Crippen molar-refractivity contribution in [3.8, 4) is 0 Å². The van der Waals surface area contributed by atoms with Gasteiger partial charge in [0.25, 0.3) is 0 Å². The van der Waals surface area contributed by atoms with E-state index >= 15 is 0 Å². The highest BCUT2D eigenvalue weighted by Crippen LogP contribution is 2.34. The van der Waals surface area contributed by atoms with Crippen LogP contribution in [0.2, 0.25) is 0 Å². The van der Waals surface area contributed by atoms with Gasteiger partial charge in [0.15, 0.2) is 0 Å². The second-order valence-electron chi connectivity index (χ2n) is 3.44. The number of carbonyl (C=O) groups is 1. The zero-order valence-corrected chi connectivity index (χ0v) is 10.2. The largest absolute Gasteiger partial charge is 0.481 e. The molecule has 0 aliphatic heterocycles. The summed E-state index contributed by atoms with van der Waals surface area (Å²) in [4.78, 5) is 11.7. The van der Waals surface area contributed by atoms with Crippen LogP contribution in [-0.4, -0.2) is 17.6 Å². The van der Waals surface area contributed by atoms with Gasteiger partial charge in [-0.25, -0.2) is 0 Å². The lowest BCUT2D eigenvalue weighted by Crippen LogP contribution is -2.33. The van der Waals surface area contributed by atoms with Crippen LogP contribution >= 0.6 is 27.3 Å². The van der Waals surface area contributed by atoms with Crippen LogP contribution in [0.4, 0.5) is 0 Å². The molecule has 0 aromatic carbocycles. The van der Waals surface area contributed by atoms with E-state index in [0.717, 1.165) is 8.66 Å². The number of halogens is 1. The zero-order chi connectivity index (χ0) is 10.8. The lowest BCUT2D eigenvalue weighted by Gasteiger charge is -2.24. The number of carboxylic acid groups (broad SMARTS) is 1. The van der Waals surface area contributed by atoms with Crippen molar-refractivity contribution < 1.29 is 9.90 Å². The molecular formula is C9H12BrNO2S. The van der Waals surface area contributed by atoms with Gasteiger partial charge >= 0.3 is 5.97 Å². The quantitative estimate of drug-likeness (QED) is 0.887. The van der Waals surface area contributed by atoms with E-state index in [1.807, 2.05) is 19.1 Å². The lowest BCUT2D eigenvalue weighted by atomic mass is 9.85. The maximum absolute atomic E-state index is 10.7. The number of rotatable bonds is 4. The Labute approximate surface area is 95.1 Å². The van der Waals surface area contributed by atoms with Gasteiger partial charge in [0, 0.05) is 16.8 Å². The Morgan fingerprint density at radius 2 is 2.36 bits per heavy atom. The monoisotopic (exact) mass is 277 g/mol. The van der Waals surface area contributed by atoms with Crippen LogP contribution in [0.3, 0.4) is 0 Å². The molecule has 1 atom stereocenters. The first kappa shape index (κ1) is 11.7. The van der Waals surface area contributed by atoms with E-state index in [1.165, 1.54) is 11.3 Å². The standard InChI is InChI=1S/C9H12BrNO2S/c1-9(5-11,4-8(12)13)6-2-3-7(10)14-6/h2-3H,4-5,11H2,1H3,(H,12,13). The van der Waals surface area contributed by atoms with E-state index in [2.05, 4.69) is 15.9 Å². The van der Waals surface area contributed by atoms with Gasteiger partial charge in [0.05, 0.1) is 10.2 Å². The van der Waals surface area contributed by atoms with Gasteiger partial charge in [-0.05, 0) is 28.1 Å². The van der Waals surface area contributed by atoms with E-state index in [-0.39, 0.29) is 6.42 Å². The predicted octanol–water partition coefficient (Wildman–Crippen LogP) is 2.20. The van der Waals surface area contributed by atoms with Gasteiger partial charge in [-0.15, -0.1) is 11.3 Å². The van der Waals surface area contributed by atoms with Gasteiger partial charge in [-0.3, -0.25) is 4.79 Å². The Balaban J connectivity index is 2.94. The number of carboxylic acids is 1. The second kappa shape index (κ2) is 4.42. The molecule has 3 nitrogen and oxygen atoms in total. The van der Waals surface area contributed by atoms with Crippen LogP contribution in [0.1, 0.15) is 18.2 Å². The van der Waals surface area contributed by atoms with Crippen LogP contribution in [0.25, 0.3) is 0 Å². The highest BCUT2D eigenvalue weighted by Gasteiger charge is 2.29. The summed E-state index contributed by atoms with van der Waals surface area (Å²) in [5, 5.41) is 8.79. The molecule has 1 aromatic heterocycles. The van der Waals surface area contributed by atoms with Crippen molar-refractivity contribution in [2.24, 2.45) is 5.73 Å². The van der Waals surface area contributed by atoms with E-state index in [0.29, 0.717) is 6.54 Å². The Hall–Kier alpha value is -0.390. The molecule has 0 aliphatic carbocycles. The van der Waals surface area contributed by atoms with E-state index in [9.17, 15) is 4.79 Å². The minimum atomic E-state index is -0.817. The molecule has 0 saturated heterocycles. The summed E-state index contributed by atoms with van der Waals surface area (Å²) >= 11 is 4.88. The van der Waals surface area contributed by atoms with Gasteiger partial charge < -0.3 is 10.8 Å². The first-order chi connectivity index (χ1) is 6.48. The van der Waals surface area contributed by atoms with E-state index in [1.54, 1.807) is 0 Å². The van der Waals surface area contributed by atoms with Crippen LogP contribution < -0.4 is 5.73 Å². The fraction of sp³-hybridized carbons (Fsp3) is 0.444. The summed E-state index contributed by atoms with van der Waals surface area (Å²) in [5.41, 5.74) is 5.17. The lowest BCUT2D eigenvalue weighted by molar-refractivity contribution is -0.138. The number of aliphatic carboxylic acids is 1. The smallest absolute Gasteiger partial charge is 0.304 e. The summed E-state index contributed by atoms with van der Waals surface area (Å²) in [6.07, 6.45) is 0.0659. The maximum Gasteiger partial charge on any atom is 0.304 e. The number of thiophene rings is 1. The SMILES string of the molecule is CC(CN)(CC(=O)O)c1ccc(Br)s1. The molecule has 5 heteroatoms. The molecule has 78 valence electrons. The summed E-state index contributed by atoms with van der Waals surface area (Å²) < 4.78 is 0.998. The van der Waals surface area contributed by atoms with Crippen LogP contribution in [-0.2, 0) is 10.2 Å². The third kappa shape index (κ3) is 2.56. The van der Waals surface area contributed by atoms with E-state index < -0.39 is 11.4 Å². The molecule has 1 unspecified atom stereocenters. The van der Waals surface area contributed by atoms with Crippen molar-refractivity contribution in [3.63, 3.8) is 0 Å². The van der Waals surface area contributed by atoms with Crippen molar-refractivity contribution >= 4 is 33.2 Å². The molecule has 0 saturated carbocycles. The minimum Gasteiger partial charge on any atom is -0.481 e. The first-order valence-electron chi connectivity index (χ1n) is 4.15. The molecule has 1 aromatic rings. The third-order valence-corrected chi connectivity index (χ3v) is 4.09. The average molecular weight is 278 g/mol. The fourth-order valence-corrected chi connectivity index (χ4v) is 2.77. The summed E-state index contributed by atoms with van der Waals surface area (Å²) in [5.74, 6) is -0.817. The second-order valence-corrected chi connectivity index (χ2v) is 5.90. The summed E-state index contributed by atoms with van der Waals surface area (Å²) in [6, 6.07) is 3.83. The van der Waals surface area contributed by atoms with Gasteiger partial charge in [0.2, 0.25) is 0 Å². The molecule has 1 heterocycles. The van der Waals surface area contributed by atoms with Crippen molar-refractivity contribution in [1.82, 2.24) is 0 Å². The molecule has 0 amide bonds.